The highest BCUT2D eigenvalue weighted by molar-refractivity contribution is 6.33. The summed E-state index contributed by atoms with van der Waals surface area (Å²) in [6.07, 6.45) is 1.29. The summed E-state index contributed by atoms with van der Waals surface area (Å²) in [5, 5.41) is 14.0. The van der Waals surface area contributed by atoms with Crippen molar-refractivity contribution in [3.8, 4) is 0 Å². The van der Waals surface area contributed by atoms with Crippen LogP contribution in [0, 0.1) is 10.1 Å². The van der Waals surface area contributed by atoms with Gasteiger partial charge >= 0.3 is 0 Å². The van der Waals surface area contributed by atoms with Crippen molar-refractivity contribution in [1.82, 2.24) is 10.3 Å². The minimum absolute atomic E-state index is 0.0619. The molecule has 1 unspecified atom stereocenters. The van der Waals surface area contributed by atoms with E-state index in [9.17, 15) is 10.1 Å². The summed E-state index contributed by atoms with van der Waals surface area (Å²) in [6, 6.07) is 1.33. The van der Waals surface area contributed by atoms with Crippen molar-refractivity contribution in [2.75, 3.05) is 38.2 Å². The van der Waals surface area contributed by atoms with Gasteiger partial charge in [0.2, 0.25) is 0 Å². The number of morpholine rings is 1. The van der Waals surface area contributed by atoms with Crippen LogP contribution >= 0.6 is 11.6 Å². The van der Waals surface area contributed by atoms with E-state index < -0.39 is 4.92 Å². The third-order valence-electron chi connectivity index (χ3n) is 2.89. The highest BCUT2D eigenvalue weighted by Crippen LogP contribution is 2.28. The monoisotopic (exact) mass is 286 g/mol. The fourth-order valence-corrected chi connectivity index (χ4v) is 2.30. The zero-order valence-electron chi connectivity index (χ0n) is 10.5. The van der Waals surface area contributed by atoms with Crippen LogP contribution in [-0.2, 0) is 4.74 Å². The van der Waals surface area contributed by atoms with Gasteiger partial charge in [-0.1, -0.05) is 11.6 Å². The third-order valence-corrected chi connectivity index (χ3v) is 3.17. The molecule has 0 bridgehead atoms. The molecular weight excluding hydrogens is 272 g/mol. The van der Waals surface area contributed by atoms with Crippen molar-refractivity contribution in [2.24, 2.45) is 0 Å². The maximum atomic E-state index is 10.6. The maximum absolute atomic E-state index is 10.6. The van der Waals surface area contributed by atoms with Gasteiger partial charge in [0, 0.05) is 25.7 Å². The van der Waals surface area contributed by atoms with E-state index in [4.69, 9.17) is 16.3 Å². The van der Waals surface area contributed by atoms with Crippen molar-refractivity contribution >= 4 is 23.1 Å². The lowest BCUT2D eigenvalue weighted by atomic mass is 10.2. The molecule has 0 saturated carbocycles. The molecule has 1 N–H and O–H groups in total. The molecule has 1 aliphatic rings. The highest BCUT2D eigenvalue weighted by Gasteiger charge is 2.23. The second kappa shape index (κ2) is 6.14. The van der Waals surface area contributed by atoms with E-state index in [0.717, 1.165) is 6.54 Å². The third kappa shape index (κ3) is 3.31. The van der Waals surface area contributed by atoms with Crippen LogP contribution in [0.3, 0.4) is 0 Å². The Morgan fingerprint density at radius 2 is 2.53 bits per heavy atom. The van der Waals surface area contributed by atoms with Crippen molar-refractivity contribution < 1.29 is 9.66 Å². The molecule has 1 aliphatic heterocycles. The molecule has 0 aromatic carbocycles. The largest absolute Gasteiger partial charge is 0.373 e. The van der Waals surface area contributed by atoms with Gasteiger partial charge in [0.1, 0.15) is 12.0 Å². The van der Waals surface area contributed by atoms with Crippen LogP contribution < -0.4 is 10.2 Å². The van der Waals surface area contributed by atoms with E-state index >= 15 is 0 Å². The first-order chi connectivity index (χ1) is 9.11. The van der Waals surface area contributed by atoms with Crippen LogP contribution in [0.15, 0.2) is 12.3 Å². The predicted molar refractivity (Wildman–Crippen MR) is 71.8 cm³/mol. The van der Waals surface area contributed by atoms with Crippen molar-refractivity contribution in [3.63, 3.8) is 0 Å². The summed E-state index contributed by atoms with van der Waals surface area (Å²) in [6.45, 7) is 2.65. The van der Waals surface area contributed by atoms with Gasteiger partial charge in [0.25, 0.3) is 5.69 Å². The van der Waals surface area contributed by atoms with Gasteiger partial charge in [0.15, 0.2) is 0 Å². The van der Waals surface area contributed by atoms with Gasteiger partial charge < -0.3 is 15.0 Å². The van der Waals surface area contributed by atoms with E-state index in [1.807, 2.05) is 11.9 Å². The number of nitrogens with zero attached hydrogens (tertiary/aromatic N) is 3. The Labute approximate surface area is 115 Å². The molecule has 1 aromatic rings. The zero-order chi connectivity index (χ0) is 13.8. The molecule has 0 amide bonds. The molecule has 0 aliphatic carbocycles. The number of nitro groups is 1. The average molecular weight is 287 g/mol. The first-order valence-corrected chi connectivity index (χ1v) is 6.30. The summed E-state index contributed by atoms with van der Waals surface area (Å²) in [4.78, 5) is 16.2. The number of pyridine rings is 1. The van der Waals surface area contributed by atoms with E-state index in [-0.39, 0.29) is 11.8 Å². The summed E-state index contributed by atoms with van der Waals surface area (Å²) < 4.78 is 5.59. The molecule has 2 rings (SSSR count). The Bertz CT molecular complexity index is 469. The van der Waals surface area contributed by atoms with E-state index in [1.54, 1.807) is 0 Å². The minimum Gasteiger partial charge on any atom is -0.373 e. The smallest absolute Gasteiger partial charge is 0.289 e. The molecule has 104 valence electrons. The number of likely N-dealkylation sites (N-methyl/N-ethyl adjacent to an activating group) is 1. The topological polar surface area (TPSA) is 80.5 Å². The highest BCUT2D eigenvalue weighted by atomic mass is 35.5. The van der Waals surface area contributed by atoms with Gasteiger partial charge in [-0.15, -0.1) is 0 Å². The molecule has 0 radical (unpaired) electrons. The van der Waals surface area contributed by atoms with E-state index in [1.165, 1.54) is 12.3 Å². The average Bonchev–Trinajstić information content (AvgIpc) is 2.39. The van der Waals surface area contributed by atoms with E-state index in [0.29, 0.717) is 30.5 Å². The zero-order valence-corrected chi connectivity index (χ0v) is 11.3. The molecular formula is C11H15ClN4O3. The Balaban J connectivity index is 2.15. The van der Waals surface area contributed by atoms with Gasteiger partial charge in [-0.05, 0) is 7.05 Å². The van der Waals surface area contributed by atoms with Crippen LogP contribution in [0.2, 0.25) is 5.02 Å². The number of aromatic nitrogens is 1. The van der Waals surface area contributed by atoms with Crippen LogP contribution in [0.4, 0.5) is 11.5 Å². The first-order valence-electron chi connectivity index (χ1n) is 5.93. The Kier molecular flexibility index (Phi) is 4.52. The van der Waals surface area contributed by atoms with Crippen molar-refractivity contribution in [2.45, 2.75) is 6.10 Å². The van der Waals surface area contributed by atoms with Crippen molar-refractivity contribution in [1.29, 1.82) is 0 Å². The summed E-state index contributed by atoms with van der Waals surface area (Å²) in [5.41, 5.74) is -0.103. The van der Waals surface area contributed by atoms with E-state index in [2.05, 4.69) is 10.3 Å². The van der Waals surface area contributed by atoms with Crippen LogP contribution in [0.1, 0.15) is 0 Å². The molecule has 19 heavy (non-hydrogen) atoms. The van der Waals surface area contributed by atoms with Gasteiger partial charge in [-0.3, -0.25) is 10.1 Å². The van der Waals surface area contributed by atoms with Gasteiger partial charge in [-0.25, -0.2) is 4.98 Å². The van der Waals surface area contributed by atoms with Crippen LogP contribution in [-0.4, -0.2) is 49.3 Å². The van der Waals surface area contributed by atoms with Crippen molar-refractivity contribution in [3.05, 3.63) is 27.4 Å². The molecule has 1 aromatic heterocycles. The maximum Gasteiger partial charge on any atom is 0.289 e. The molecule has 1 saturated heterocycles. The molecule has 2 heterocycles. The SMILES string of the molecule is CNCC1CN(c2ncc([N+](=O)[O-])cc2Cl)CCO1. The number of ether oxygens (including phenoxy) is 1. The Morgan fingerprint density at radius 1 is 1.74 bits per heavy atom. The second-order valence-corrected chi connectivity index (χ2v) is 4.66. The Hall–Kier alpha value is -1.44. The summed E-state index contributed by atoms with van der Waals surface area (Å²) in [5.74, 6) is 0.566. The summed E-state index contributed by atoms with van der Waals surface area (Å²) >= 11 is 6.07. The normalized spacial score (nSPS) is 19.5. The quantitative estimate of drug-likeness (QED) is 0.659. The number of anilines is 1. The first kappa shape index (κ1) is 14.0. The molecule has 8 heteroatoms. The van der Waals surface area contributed by atoms with Crippen LogP contribution in [0.5, 0.6) is 0 Å². The number of halogens is 1. The number of hydrogen-bond acceptors (Lipinski definition) is 6. The fraction of sp³-hybridized carbons (Fsp3) is 0.545. The lowest BCUT2D eigenvalue weighted by Crippen LogP contribution is -2.46. The summed E-state index contributed by atoms with van der Waals surface area (Å²) in [7, 11) is 1.86. The number of hydrogen-bond donors (Lipinski definition) is 1. The second-order valence-electron chi connectivity index (χ2n) is 4.25. The van der Waals surface area contributed by atoms with Gasteiger partial charge in [-0.2, -0.15) is 0 Å². The molecule has 7 nitrogen and oxygen atoms in total. The molecule has 1 fully saturated rings. The Morgan fingerprint density at radius 3 is 3.16 bits per heavy atom. The number of rotatable bonds is 4. The van der Waals surface area contributed by atoms with Gasteiger partial charge in [0.05, 0.1) is 22.7 Å². The lowest BCUT2D eigenvalue weighted by Gasteiger charge is -2.34. The standard InChI is InChI=1S/C11H15ClN4O3/c1-13-6-9-7-15(2-3-19-9)11-10(12)4-8(5-14-11)16(17)18/h4-5,9,13H,2-3,6-7H2,1H3. The van der Waals surface area contributed by atoms with Crippen LogP contribution in [0.25, 0.3) is 0 Å². The molecule has 1 atom stereocenters. The minimum atomic E-state index is -0.508. The lowest BCUT2D eigenvalue weighted by molar-refractivity contribution is -0.385. The number of nitrogens with one attached hydrogen (secondary N) is 1. The fourth-order valence-electron chi connectivity index (χ4n) is 2.02. The predicted octanol–water partition coefficient (Wildman–Crippen LogP) is 1.07. The molecule has 0 spiro atoms.